The van der Waals surface area contributed by atoms with Crippen LogP contribution in [0.5, 0.6) is 0 Å². The van der Waals surface area contributed by atoms with Gasteiger partial charge >= 0.3 is 0 Å². The number of hydrogen-bond donors (Lipinski definition) is 1. The maximum atomic E-state index is 11.8. The predicted molar refractivity (Wildman–Crippen MR) is 82.0 cm³/mol. The Bertz CT molecular complexity index is 544. The minimum absolute atomic E-state index is 0.0945. The van der Waals surface area contributed by atoms with Gasteiger partial charge in [-0.25, -0.2) is 8.42 Å². The molecular formula is C14H23N3O3S. The van der Waals surface area contributed by atoms with Crippen LogP contribution in [0.3, 0.4) is 0 Å². The molecule has 0 aliphatic heterocycles. The van der Waals surface area contributed by atoms with Gasteiger partial charge in [-0.15, -0.1) is 0 Å². The Balaban J connectivity index is 2.61. The fourth-order valence-electron chi connectivity index (χ4n) is 1.68. The third-order valence-electron chi connectivity index (χ3n) is 2.90. The third kappa shape index (κ3) is 7.19. The molecule has 0 aliphatic rings. The van der Waals surface area contributed by atoms with Gasteiger partial charge in [-0.2, -0.15) is 4.31 Å². The fraction of sp³-hybridized carbons (Fsp3) is 0.571. The van der Waals surface area contributed by atoms with Gasteiger partial charge in [0.15, 0.2) is 0 Å². The van der Waals surface area contributed by atoms with E-state index in [1.54, 1.807) is 24.4 Å². The molecule has 1 aromatic heterocycles. The monoisotopic (exact) mass is 313 g/mol. The van der Waals surface area contributed by atoms with Crippen LogP contribution in [0, 0.1) is 5.92 Å². The highest BCUT2D eigenvalue weighted by atomic mass is 32.2. The molecule has 1 heterocycles. The molecule has 1 aromatic rings. The highest BCUT2D eigenvalue weighted by Gasteiger charge is 2.20. The van der Waals surface area contributed by atoms with Crippen molar-refractivity contribution in [1.29, 1.82) is 0 Å². The number of aromatic nitrogens is 1. The Labute approximate surface area is 126 Å². The fourth-order valence-corrected chi connectivity index (χ4v) is 2.40. The highest BCUT2D eigenvalue weighted by molar-refractivity contribution is 7.88. The number of hydrogen-bond acceptors (Lipinski definition) is 4. The lowest BCUT2D eigenvalue weighted by Gasteiger charge is -2.19. The van der Waals surface area contributed by atoms with Crippen LogP contribution >= 0.6 is 0 Å². The molecule has 1 rings (SSSR count). The van der Waals surface area contributed by atoms with Gasteiger partial charge < -0.3 is 5.32 Å². The van der Waals surface area contributed by atoms with E-state index in [-0.39, 0.29) is 19.0 Å². The summed E-state index contributed by atoms with van der Waals surface area (Å²) in [6.45, 7) is 4.59. The summed E-state index contributed by atoms with van der Waals surface area (Å²) in [7, 11) is -3.47. The van der Waals surface area contributed by atoms with Crippen molar-refractivity contribution in [3.63, 3.8) is 0 Å². The maximum absolute atomic E-state index is 11.8. The van der Waals surface area contributed by atoms with Crippen molar-refractivity contribution < 1.29 is 13.2 Å². The summed E-state index contributed by atoms with van der Waals surface area (Å²) >= 11 is 0. The second-order valence-corrected chi connectivity index (χ2v) is 7.37. The van der Waals surface area contributed by atoms with Gasteiger partial charge in [-0.1, -0.05) is 19.9 Å². The largest absolute Gasteiger partial charge is 0.355 e. The Morgan fingerprint density at radius 3 is 2.62 bits per heavy atom. The van der Waals surface area contributed by atoms with Crippen LogP contribution in [-0.2, 0) is 21.4 Å². The van der Waals surface area contributed by atoms with Crippen LogP contribution in [0.4, 0.5) is 0 Å². The van der Waals surface area contributed by atoms with E-state index < -0.39 is 10.0 Å². The summed E-state index contributed by atoms with van der Waals surface area (Å²) in [6, 6.07) is 5.27. The zero-order chi connectivity index (χ0) is 15.9. The molecule has 0 aliphatic carbocycles. The Kier molecular flexibility index (Phi) is 6.77. The standard InChI is InChI=1S/C14H23N3O3S/c1-12(2)7-9-16-14(18)11-17(21(3,19)20)10-13-6-4-5-8-15-13/h4-6,8,12H,7,9-11H2,1-3H3,(H,16,18). The normalized spacial score (nSPS) is 11.9. The molecule has 1 N–H and O–H groups in total. The Hall–Kier alpha value is -1.47. The van der Waals surface area contributed by atoms with Gasteiger partial charge in [-0.05, 0) is 24.5 Å². The molecule has 0 saturated carbocycles. The summed E-state index contributed by atoms with van der Waals surface area (Å²) in [4.78, 5) is 15.9. The van der Waals surface area contributed by atoms with Crippen molar-refractivity contribution in [3.05, 3.63) is 30.1 Å². The average Bonchev–Trinajstić information content (AvgIpc) is 2.37. The summed E-state index contributed by atoms with van der Waals surface area (Å²) in [5.74, 6) is 0.196. The van der Waals surface area contributed by atoms with E-state index in [9.17, 15) is 13.2 Å². The van der Waals surface area contributed by atoms with E-state index >= 15 is 0 Å². The molecule has 118 valence electrons. The molecule has 0 radical (unpaired) electrons. The lowest BCUT2D eigenvalue weighted by atomic mass is 10.1. The van der Waals surface area contributed by atoms with Crippen molar-refractivity contribution >= 4 is 15.9 Å². The third-order valence-corrected chi connectivity index (χ3v) is 4.09. The molecule has 0 fully saturated rings. The molecule has 0 saturated heterocycles. The SMILES string of the molecule is CC(C)CCNC(=O)CN(Cc1ccccn1)S(C)(=O)=O. The van der Waals surface area contributed by atoms with Crippen LogP contribution in [0.2, 0.25) is 0 Å². The zero-order valence-electron chi connectivity index (χ0n) is 12.7. The predicted octanol–water partition coefficient (Wildman–Crippen LogP) is 1.01. The van der Waals surface area contributed by atoms with Crippen LogP contribution in [0.25, 0.3) is 0 Å². The van der Waals surface area contributed by atoms with Gasteiger partial charge in [0.05, 0.1) is 25.0 Å². The number of carbonyl (C=O) groups is 1. The number of carbonyl (C=O) groups excluding carboxylic acids is 1. The van der Waals surface area contributed by atoms with E-state index in [0.29, 0.717) is 18.2 Å². The molecule has 6 nitrogen and oxygen atoms in total. The molecule has 0 bridgehead atoms. The summed E-state index contributed by atoms with van der Waals surface area (Å²) in [5, 5.41) is 2.74. The first-order valence-electron chi connectivity index (χ1n) is 6.90. The van der Waals surface area contributed by atoms with E-state index in [0.717, 1.165) is 17.0 Å². The maximum Gasteiger partial charge on any atom is 0.235 e. The second kappa shape index (κ2) is 8.09. The van der Waals surface area contributed by atoms with Crippen molar-refractivity contribution in [2.24, 2.45) is 5.92 Å². The van der Waals surface area contributed by atoms with Crippen molar-refractivity contribution in [2.75, 3.05) is 19.3 Å². The summed E-state index contributed by atoms with van der Waals surface area (Å²) in [6.07, 6.45) is 3.56. The zero-order valence-corrected chi connectivity index (χ0v) is 13.6. The molecular weight excluding hydrogens is 290 g/mol. The van der Waals surface area contributed by atoms with Crippen LogP contribution in [0.1, 0.15) is 26.0 Å². The minimum Gasteiger partial charge on any atom is -0.355 e. The molecule has 7 heteroatoms. The van der Waals surface area contributed by atoms with Crippen molar-refractivity contribution in [3.8, 4) is 0 Å². The molecule has 21 heavy (non-hydrogen) atoms. The molecule has 0 aromatic carbocycles. The molecule has 1 amide bonds. The van der Waals surface area contributed by atoms with E-state index in [2.05, 4.69) is 24.1 Å². The second-order valence-electron chi connectivity index (χ2n) is 5.38. The number of nitrogens with zero attached hydrogens (tertiary/aromatic N) is 2. The highest BCUT2D eigenvalue weighted by Crippen LogP contribution is 2.05. The van der Waals surface area contributed by atoms with E-state index in [4.69, 9.17) is 0 Å². The summed E-state index contributed by atoms with van der Waals surface area (Å²) < 4.78 is 24.7. The number of sulfonamides is 1. The van der Waals surface area contributed by atoms with Crippen LogP contribution < -0.4 is 5.32 Å². The van der Waals surface area contributed by atoms with Gasteiger partial charge in [0.2, 0.25) is 15.9 Å². The number of amides is 1. The number of nitrogens with one attached hydrogen (secondary N) is 1. The Morgan fingerprint density at radius 1 is 1.38 bits per heavy atom. The first-order valence-corrected chi connectivity index (χ1v) is 8.75. The number of pyridine rings is 1. The van der Waals surface area contributed by atoms with Gasteiger partial charge in [0, 0.05) is 12.7 Å². The number of rotatable bonds is 8. The average molecular weight is 313 g/mol. The van der Waals surface area contributed by atoms with Gasteiger partial charge in [-0.3, -0.25) is 9.78 Å². The van der Waals surface area contributed by atoms with Crippen LogP contribution in [-0.4, -0.2) is 43.0 Å². The minimum atomic E-state index is -3.47. The van der Waals surface area contributed by atoms with Crippen molar-refractivity contribution in [1.82, 2.24) is 14.6 Å². The topological polar surface area (TPSA) is 79.4 Å². The molecule has 0 atom stereocenters. The first kappa shape index (κ1) is 17.6. The first-order chi connectivity index (χ1) is 9.79. The molecule has 0 unspecified atom stereocenters. The lowest BCUT2D eigenvalue weighted by molar-refractivity contribution is -0.121. The van der Waals surface area contributed by atoms with E-state index in [1.807, 2.05) is 0 Å². The molecule has 0 spiro atoms. The quantitative estimate of drug-likeness (QED) is 0.776. The van der Waals surface area contributed by atoms with Gasteiger partial charge in [0.1, 0.15) is 0 Å². The Morgan fingerprint density at radius 2 is 2.10 bits per heavy atom. The van der Waals surface area contributed by atoms with Crippen LogP contribution in [0.15, 0.2) is 24.4 Å². The van der Waals surface area contributed by atoms with Crippen molar-refractivity contribution in [2.45, 2.75) is 26.8 Å². The van der Waals surface area contributed by atoms with Gasteiger partial charge in [0.25, 0.3) is 0 Å². The van der Waals surface area contributed by atoms with E-state index in [1.165, 1.54) is 0 Å². The smallest absolute Gasteiger partial charge is 0.235 e. The lowest BCUT2D eigenvalue weighted by Crippen LogP contribution is -2.40. The summed E-state index contributed by atoms with van der Waals surface area (Å²) in [5.41, 5.74) is 0.609.